The van der Waals surface area contributed by atoms with E-state index in [9.17, 15) is 19.5 Å². The second-order valence-electron chi connectivity index (χ2n) is 11.8. The van der Waals surface area contributed by atoms with Gasteiger partial charge in [0.25, 0.3) is 11.8 Å². The first kappa shape index (κ1) is 33.6. The van der Waals surface area contributed by atoms with Gasteiger partial charge < -0.3 is 26.2 Å². The molecule has 4 heterocycles. The summed E-state index contributed by atoms with van der Waals surface area (Å²) in [6.07, 6.45) is 3.96. The normalized spacial score (nSPS) is 17.6. The highest BCUT2D eigenvalue weighted by Gasteiger charge is 2.36. The number of halogens is 2. The van der Waals surface area contributed by atoms with Gasteiger partial charge in [-0.3, -0.25) is 28.9 Å². The summed E-state index contributed by atoms with van der Waals surface area (Å²) in [4.78, 5) is 44.4. The maximum Gasteiger partial charge on any atom is 0.307 e. The first-order valence-electron chi connectivity index (χ1n) is 15.7. The van der Waals surface area contributed by atoms with Gasteiger partial charge in [-0.05, 0) is 55.6 Å². The van der Waals surface area contributed by atoms with Crippen LogP contribution in [0.15, 0.2) is 60.8 Å². The number of carboxylic acids is 1. The molecule has 2 aliphatic heterocycles. The van der Waals surface area contributed by atoms with Gasteiger partial charge in [0.05, 0.1) is 45.7 Å². The molecule has 0 spiro atoms. The zero-order valence-corrected chi connectivity index (χ0v) is 27.5. The Balaban J connectivity index is 1.16. The summed E-state index contributed by atoms with van der Waals surface area (Å²) in [5.41, 5.74) is 4.08. The lowest BCUT2D eigenvalue weighted by Gasteiger charge is -2.31. The maximum atomic E-state index is 13.4. The predicted octanol–water partition coefficient (Wildman–Crippen LogP) is 5.08. The second kappa shape index (κ2) is 14.8. The molecule has 5 N–H and O–H groups in total. The number of nitrogens with one attached hydrogen (secondary N) is 3. The van der Waals surface area contributed by atoms with Crippen molar-refractivity contribution in [1.29, 1.82) is 0 Å². The number of pyridine rings is 1. The summed E-state index contributed by atoms with van der Waals surface area (Å²) in [6, 6.07) is 15.6. The number of anilines is 2. The van der Waals surface area contributed by atoms with Crippen LogP contribution >= 0.6 is 23.2 Å². The fourth-order valence-electron chi connectivity index (χ4n) is 6.23. The molecule has 1 fully saturated rings. The minimum absolute atomic E-state index is 0.00815. The van der Waals surface area contributed by atoms with Crippen LogP contribution < -0.4 is 16.0 Å². The highest BCUT2D eigenvalue weighted by Crippen LogP contribution is 2.41. The van der Waals surface area contributed by atoms with Crippen molar-refractivity contribution in [3.63, 3.8) is 0 Å². The highest BCUT2D eigenvalue weighted by atomic mass is 35.5. The Morgan fingerprint density at radius 3 is 2.19 bits per heavy atom. The van der Waals surface area contributed by atoms with Crippen molar-refractivity contribution in [3.8, 4) is 11.1 Å². The molecule has 48 heavy (non-hydrogen) atoms. The molecule has 2 aromatic carbocycles. The number of aryl methyl sites for hydroxylation is 1. The Morgan fingerprint density at radius 1 is 0.896 bits per heavy atom. The van der Waals surface area contributed by atoms with E-state index >= 15 is 0 Å². The van der Waals surface area contributed by atoms with Gasteiger partial charge in [0.1, 0.15) is 5.69 Å². The first-order valence-corrected chi connectivity index (χ1v) is 16.5. The molecule has 2 atom stereocenters. The molecule has 14 heteroatoms. The molecule has 0 bridgehead atoms. The Morgan fingerprint density at radius 2 is 1.58 bits per heavy atom. The van der Waals surface area contributed by atoms with Gasteiger partial charge in [0.2, 0.25) is 0 Å². The van der Waals surface area contributed by atoms with E-state index in [4.69, 9.17) is 28.3 Å². The Bertz CT molecular complexity index is 1830. The van der Waals surface area contributed by atoms with Gasteiger partial charge in [-0.1, -0.05) is 53.5 Å². The third-order valence-electron chi connectivity index (χ3n) is 8.70. The number of rotatable bonds is 11. The topological polar surface area (TPSA) is 162 Å². The average Bonchev–Trinajstić information content (AvgIpc) is 3.76. The molecule has 0 saturated carbocycles. The van der Waals surface area contributed by atoms with Crippen LogP contribution in [0.25, 0.3) is 11.1 Å². The van der Waals surface area contributed by atoms with Crippen molar-refractivity contribution < 1.29 is 24.6 Å². The summed E-state index contributed by atoms with van der Waals surface area (Å²) in [6.45, 7) is 2.87. The first-order chi connectivity index (χ1) is 23.2. The molecule has 2 amide bonds. The number of carbonyl (C=O) groups excluding carboxylic acids is 2. The van der Waals surface area contributed by atoms with Crippen LogP contribution in [-0.4, -0.2) is 73.9 Å². The quantitative estimate of drug-likeness (QED) is 0.135. The third-order valence-corrected chi connectivity index (χ3v) is 9.52. The molecule has 0 unspecified atom stereocenters. The van der Waals surface area contributed by atoms with Crippen LogP contribution in [0.1, 0.15) is 57.5 Å². The molecule has 0 aliphatic carbocycles. The van der Waals surface area contributed by atoms with Gasteiger partial charge in [-0.2, -0.15) is 5.10 Å². The predicted molar refractivity (Wildman–Crippen MR) is 182 cm³/mol. The molecule has 12 nitrogen and oxygen atoms in total. The summed E-state index contributed by atoms with van der Waals surface area (Å²) in [5, 5.41) is 32.2. The number of amides is 2. The number of benzene rings is 2. The summed E-state index contributed by atoms with van der Waals surface area (Å²) in [7, 11) is 0. The van der Waals surface area contributed by atoms with Crippen LogP contribution in [0, 0.1) is 5.92 Å². The van der Waals surface area contributed by atoms with Crippen LogP contribution in [0.3, 0.4) is 0 Å². The number of carbonyl (C=O) groups is 3. The zero-order chi connectivity index (χ0) is 33.8. The molecular formula is C34H35Cl2N7O5. The third kappa shape index (κ3) is 7.23. The lowest BCUT2D eigenvalue weighted by Crippen LogP contribution is -2.32. The number of hydrogen-bond donors (Lipinski definition) is 5. The van der Waals surface area contributed by atoms with Gasteiger partial charge in [0.15, 0.2) is 5.69 Å². The van der Waals surface area contributed by atoms with Crippen molar-refractivity contribution in [1.82, 2.24) is 25.0 Å². The Hall–Kier alpha value is -4.33. The standard InChI is InChI=1S/C34H35Cl2N7O5/c35-30-22(4-1-6-24(30)39-32(45)26-10-9-20(18-38-26)17-37-12-15-44)23-5-2-7-25(31(23)36)40-33(46)27-16-29-28(8-3-13-43(29)41-27)42-14-11-21(19-42)34(47)48/h1-2,4-7,9-10,16,18,21,28,37,44H,3,8,11-15,17,19H2,(H,39,45)(H,40,46)(H,47,48)/t21-,28+/m1/s1. The lowest BCUT2D eigenvalue weighted by molar-refractivity contribution is -0.141. The number of hydrogen-bond acceptors (Lipinski definition) is 8. The zero-order valence-electron chi connectivity index (χ0n) is 26.0. The number of aliphatic carboxylic acids is 1. The lowest BCUT2D eigenvalue weighted by atomic mass is 10.0. The summed E-state index contributed by atoms with van der Waals surface area (Å²) >= 11 is 13.6. The van der Waals surface area contributed by atoms with E-state index in [0.29, 0.717) is 61.6 Å². The van der Waals surface area contributed by atoms with Gasteiger partial charge >= 0.3 is 5.97 Å². The van der Waals surface area contributed by atoms with Gasteiger partial charge in [-0.25, -0.2) is 0 Å². The Labute approximate surface area is 287 Å². The fraction of sp³-hybridized carbons (Fsp3) is 0.324. The second-order valence-corrected chi connectivity index (χ2v) is 12.6. The van der Waals surface area contributed by atoms with Crippen molar-refractivity contribution in [2.45, 2.75) is 38.4 Å². The van der Waals surface area contributed by atoms with E-state index in [2.05, 4.69) is 30.9 Å². The van der Waals surface area contributed by atoms with Crippen molar-refractivity contribution in [3.05, 3.63) is 93.5 Å². The van der Waals surface area contributed by atoms with Crippen LogP contribution in [0.5, 0.6) is 0 Å². The van der Waals surface area contributed by atoms with E-state index in [1.807, 2.05) is 4.68 Å². The molecule has 1 saturated heterocycles. The molecular weight excluding hydrogens is 657 g/mol. The van der Waals surface area contributed by atoms with Crippen molar-refractivity contribution in [2.24, 2.45) is 5.92 Å². The van der Waals surface area contributed by atoms with E-state index in [-0.39, 0.29) is 40.0 Å². The maximum absolute atomic E-state index is 13.4. The summed E-state index contributed by atoms with van der Waals surface area (Å²) < 4.78 is 1.84. The largest absolute Gasteiger partial charge is 0.481 e. The smallest absolute Gasteiger partial charge is 0.307 e. The van der Waals surface area contributed by atoms with Crippen LogP contribution in [-0.2, 0) is 17.9 Å². The number of aliphatic hydroxyl groups excluding tert-OH is 1. The van der Waals surface area contributed by atoms with Crippen LogP contribution in [0.2, 0.25) is 10.0 Å². The molecule has 0 radical (unpaired) electrons. The van der Waals surface area contributed by atoms with Crippen molar-refractivity contribution >= 4 is 52.4 Å². The molecule has 6 rings (SSSR count). The van der Waals surface area contributed by atoms with E-state index in [1.54, 1.807) is 60.8 Å². The van der Waals surface area contributed by atoms with E-state index < -0.39 is 17.8 Å². The van der Waals surface area contributed by atoms with E-state index in [1.165, 1.54) is 0 Å². The SMILES string of the molecule is O=C(Nc1cccc(-c2cccc(NC(=O)c3cc4n(n3)CCC[C@@H]4N3CC[C@@H](C(=O)O)C3)c2Cl)c1Cl)c1ccc(CNCCO)cn1. The highest BCUT2D eigenvalue weighted by molar-refractivity contribution is 6.40. The Kier molecular flexibility index (Phi) is 10.4. The minimum atomic E-state index is -0.776. The molecule has 4 aromatic rings. The number of fused-ring (bicyclic) bond motifs is 1. The van der Waals surface area contributed by atoms with Gasteiger partial charge in [-0.15, -0.1) is 0 Å². The molecule has 250 valence electrons. The van der Waals surface area contributed by atoms with Crippen LogP contribution in [0.4, 0.5) is 11.4 Å². The fourth-order valence-corrected chi connectivity index (χ4v) is 6.78. The monoisotopic (exact) mass is 691 g/mol. The minimum Gasteiger partial charge on any atom is -0.481 e. The number of carboxylic acid groups (broad SMARTS) is 1. The summed E-state index contributed by atoms with van der Waals surface area (Å²) in [5.74, 6) is -2.02. The van der Waals surface area contributed by atoms with E-state index in [0.717, 1.165) is 24.1 Å². The number of aromatic nitrogens is 3. The number of aliphatic hydroxyl groups is 1. The molecule has 2 aliphatic rings. The molecule has 2 aromatic heterocycles. The van der Waals surface area contributed by atoms with Crippen molar-refractivity contribution in [2.75, 3.05) is 36.9 Å². The average molecular weight is 693 g/mol. The van der Waals surface area contributed by atoms with Gasteiger partial charge in [0, 0.05) is 43.5 Å². The number of likely N-dealkylation sites (tertiary alicyclic amines) is 1. The number of nitrogens with zero attached hydrogens (tertiary/aromatic N) is 4.